The van der Waals surface area contributed by atoms with E-state index in [0.29, 0.717) is 5.56 Å². The largest absolute Gasteiger partial charge is 0.480 e. The molecule has 1 aromatic rings. The molecule has 1 aliphatic heterocycles. The highest BCUT2D eigenvalue weighted by Gasteiger charge is 2.36. The molecule has 2 N–H and O–H groups in total. The summed E-state index contributed by atoms with van der Waals surface area (Å²) in [4.78, 5) is 36.2. The van der Waals surface area contributed by atoms with Gasteiger partial charge in [-0.3, -0.25) is 9.59 Å². The molecule has 1 heterocycles. The van der Waals surface area contributed by atoms with Crippen molar-refractivity contribution in [1.82, 2.24) is 10.2 Å². The van der Waals surface area contributed by atoms with E-state index in [2.05, 4.69) is 21.2 Å². The Kier molecular flexibility index (Phi) is 4.08. The first-order valence-electron chi connectivity index (χ1n) is 5.97. The fourth-order valence-corrected chi connectivity index (χ4v) is 2.42. The number of carboxylic acid groups (broad SMARTS) is 1. The van der Waals surface area contributed by atoms with Gasteiger partial charge in [-0.2, -0.15) is 0 Å². The summed E-state index contributed by atoms with van der Waals surface area (Å²) in [5.41, 5.74) is 1.12. The normalized spacial score (nSPS) is 18.6. The van der Waals surface area contributed by atoms with Crippen molar-refractivity contribution in [2.45, 2.75) is 13.0 Å². The predicted molar refractivity (Wildman–Crippen MR) is 74.3 cm³/mol. The lowest BCUT2D eigenvalue weighted by atomic mass is 10.1. The monoisotopic (exact) mass is 340 g/mol. The number of amides is 2. The number of carbonyl (C=O) groups excluding carboxylic acids is 2. The van der Waals surface area contributed by atoms with E-state index in [1.165, 1.54) is 0 Å². The fourth-order valence-electron chi connectivity index (χ4n) is 2.05. The van der Waals surface area contributed by atoms with E-state index in [0.717, 1.165) is 14.9 Å². The summed E-state index contributed by atoms with van der Waals surface area (Å²) in [5.74, 6) is -1.94. The Morgan fingerprint density at radius 1 is 1.45 bits per heavy atom. The number of carboxylic acids is 1. The van der Waals surface area contributed by atoms with Gasteiger partial charge < -0.3 is 15.3 Å². The Hall–Kier alpha value is -1.89. The third kappa shape index (κ3) is 2.82. The standard InChI is InChI=1S/C13H13BrN2O4/c1-7-2-3-8(14)4-9(7)12(18)16-6-11(17)15-5-10(16)13(19)20/h2-4,10H,5-6H2,1H3,(H,15,17)(H,19,20). The number of nitrogens with zero attached hydrogens (tertiary/aromatic N) is 1. The van der Waals surface area contributed by atoms with Crippen molar-refractivity contribution in [3.05, 3.63) is 33.8 Å². The third-order valence-corrected chi connectivity index (χ3v) is 3.65. The Bertz CT molecular complexity index is 588. The Morgan fingerprint density at radius 2 is 2.15 bits per heavy atom. The van der Waals surface area contributed by atoms with Gasteiger partial charge in [-0.25, -0.2) is 4.79 Å². The topological polar surface area (TPSA) is 86.7 Å². The maximum absolute atomic E-state index is 12.5. The summed E-state index contributed by atoms with van der Waals surface area (Å²) in [6.07, 6.45) is 0. The quantitative estimate of drug-likeness (QED) is 0.832. The summed E-state index contributed by atoms with van der Waals surface area (Å²) in [6.45, 7) is 1.44. The maximum Gasteiger partial charge on any atom is 0.328 e. The second-order valence-corrected chi connectivity index (χ2v) is 5.47. The molecule has 0 spiro atoms. The Labute approximate surface area is 123 Å². The van der Waals surface area contributed by atoms with Crippen LogP contribution >= 0.6 is 15.9 Å². The zero-order valence-corrected chi connectivity index (χ0v) is 12.3. The summed E-state index contributed by atoms with van der Waals surface area (Å²) in [5, 5.41) is 11.6. The van der Waals surface area contributed by atoms with Crippen LogP contribution in [-0.4, -0.2) is 46.9 Å². The minimum absolute atomic E-state index is 0.0764. The van der Waals surface area contributed by atoms with Gasteiger partial charge in [-0.1, -0.05) is 22.0 Å². The molecule has 1 unspecified atom stereocenters. The van der Waals surface area contributed by atoms with Gasteiger partial charge in [-0.05, 0) is 24.6 Å². The molecule has 106 valence electrons. The lowest BCUT2D eigenvalue weighted by Gasteiger charge is -2.33. The molecule has 20 heavy (non-hydrogen) atoms. The van der Waals surface area contributed by atoms with Gasteiger partial charge in [-0.15, -0.1) is 0 Å². The van der Waals surface area contributed by atoms with E-state index >= 15 is 0 Å². The van der Waals surface area contributed by atoms with Crippen LogP contribution in [0.15, 0.2) is 22.7 Å². The van der Waals surface area contributed by atoms with Crippen LogP contribution in [0.2, 0.25) is 0 Å². The molecule has 1 atom stereocenters. The Morgan fingerprint density at radius 3 is 2.80 bits per heavy atom. The van der Waals surface area contributed by atoms with Gasteiger partial charge in [0.05, 0.1) is 0 Å². The highest BCUT2D eigenvalue weighted by atomic mass is 79.9. The number of rotatable bonds is 2. The minimum Gasteiger partial charge on any atom is -0.480 e. The van der Waals surface area contributed by atoms with E-state index in [1.807, 2.05) is 0 Å². The SMILES string of the molecule is Cc1ccc(Br)cc1C(=O)N1CC(=O)NCC1C(=O)O. The molecule has 2 amide bonds. The number of hydrogen-bond acceptors (Lipinski definition) is 3. The van der Waals surface area contributed by atoms with Crippen LogP contribution in [0.4, 0.5) is 0 Å². The number of aryl methyl sites for hydroxylation is 1. The van der Waals surface area contributed by atoms with Gasteiger partial charge in [0.15, 0.2) is 0 Å². The number of hydrogen-bond donors (Lipinski definition) is 2. The molecule has 0 aliphatic carbocycles. The minimum atomic E-state index is -1.13. The van der Waals surface area contributed by atoms with E-state index in [1.54, 1.807) is 25.1 Å². The van der Waals surface area contributed by atoms with Gasteiger partial charge in [0, 0.05) is 16.6 Å². The Balaban J connectivity index is 2.36. The molecule has 1 aromatic carbocycles. The predicted octanol–water partition coefficient (Wildman–Crippen LogP) is 0.783. The smallest absolute Gasteiger partial charge is 0.328 e. The lowest BCUT2D eigenvalue weighted by molar-refractivity contribution is -0.144. The van der Waals surface area contributed by atoms with Crippen LogP contribution in [0.3, 0.4) is 0 Å². The zero-order valence-electron chi connectivity index (χ0n) is 10.7. The molecular formula is C13H13BrN2O4. The lowest BCUT2D eigenvalue weighted by Crippen LogP contribution is -2.59. The van der Waals surface area contributed by atoms with Crippen molar-refractivity contribution in [3.8, 4) is 0 Å². The van der Waals surface area contributed by atoms with Gasteiger partial charge >= 0.3 is 5.97 Å². The van der Waals surface area contributed by atoms with Crippen molar-refractivity contribution >= 4 is 33.7 Å². The van der Waals surface area contributed by atoms with Crippen LogP contribution in [0.1, 0.15) is 15.9 Å². The first-order valence-corrected chi connectivity index (χ1v) is 6.76. The fraction of sp³-hybridized carbons (Fsp3) is 0.308. The van der Waals surface area contributed by atoms with E-state index in [-0.39, 0.29) is 19.0 Å². The first kappa shape index (κ1) is 14.5. The molecule has 0 aromatic heterocycles. The summed E-state index contributed by atoms with van der Waals surface area (Å²) >= 11 is 3.28. The van der Waals surface area contributed by atoms with Crippen LogP contribution in [-0.2, 0) is 9.59 Å². The highest BCUT2D eigenvalue weighted by Crippen LogP contribution is 2.19. The van der Waals surface area contributed by atoms with Crippen LogP contribution < -0.4 is 5.32 Å². The molecule has 1 aliphatic rings. The second kappa shape index (κ2) is 5.62. The molecule has 7 heteroatoms. The number of piperazine rings is 1. The number of carbonyl (C=O) groups is 3. The van der Waals surface area contributed by atoms with Gasteiger partial charge in [0.1, 0.15) is 12.6 Å². The molecule has 6 nitrogen and oxygen atoms in total. The third-order valence-electron chi connectivity index (χ3n) is 3.16. The van der Waals surface area contributed by atoms with Crippen molar-refractivity contribution in [2.75, 3.05) is 13.1 Å². The van der Waals surface area contributed by atoms with Crippen molar-refractivity contribution < 1.29 is 19.5 Å². The molecule has 0 bridgehead atoms. The maximum atomic E-state index is 12.5. The summed E-state index contributed by atoms with van der Waals surface area (Å²) in [6, 6.07) is 4.14. The summed E-state index contributed by atoms with van der Waals surface area (Å²) in [7, 11) is 0. The van der Waals surface area contributed by atoms with E-state index < -0.39 is 17.9 Å². The molecule has 0 saturated carbocycles. The molecule has 1 fully saturated rings. The zero-order chi connectivity index (χ0) is 14.9. The average Bonchev–Trinajstić information content (AvgIpc) is 2.40. The number of nitrogens with one attached hydrogen (secondary N) is 1. The van der Waals surface area contributed by atoms with Crippen LogP contribution in [0.5, 0.6) is 0 Å². The van der Waals surface area contributed by atoms with Crippen molar-refractivity contribution in [3.63, 3.8) is 0 Å². The average molecular weight is 341 g/mol. The number of halogens is 1. The van der Waals surface area contributed by atoms with Gasteiger partial charge in [0.25, 0.3) is 5.91 Å². The van der Waals surface area contributed by atoms with Crippen LogP contribution in [0.25, 0.3) is 0 Å². The highest BCUT2D eigenvalue weighted by molar-refractivity contribution is 9.10. The second-order valence-electron chi connectivity index (χ2n) is 4.55. The number of benzene rings is 1. The van der Waals surface area contributed by atoms with Crippen molar-refractivity contribution in [1.29, 1.82) is 0 Å². The molecule has 1 saturated heterocycles. The number of aliphatic carboxylic acids is 1. The van der Waals surface area contributed by atoms with E-state index in [4.69, 9.17) is 5.11 Å². The molecule has 2 rings (SSSR count). The van der Waals surface area contributed by atoms with Gasteiger partial charge in [0.2, 0.25) is 5.91 Å². The first-order chi connectivity index (χ1) is 9.40. The summed E-state index contributed by atoms with van der Waals surface area (Å²) < 4.78 is 0.722. The van der Waals surface area contributed by atoms with Crippen LogP contribution in [0, 0.1) is 6.92 Å². The van der Waals surface area contributed by atoms with E-state index in [9.17, 15) is 14.4 Å². The van der Waals surface area contributed by atoms with Crippen molar-refractivity contribution in [2.24, 2.45) is 0 Å². The molecular weight excluding hydrogens is 328 g/mol. The molecule has 0 radical (unpaired) electrons.